The number of esters is 1. The van der Waals surface area contributed by atoms with Gasteiger partial charge in [0.05, 0.1) is 0 Å². The monoisotopic (exact) mass is 328 g/mol. The zero-order valence-electron chi connectivity index (χ0n) is 15.7. The number of ether oxygens (including phenoxy) is 1. The average Bonchev–Trinajstić information content (AvgIpc) is 2.53. The fourth-order valence-corrected chi connectivity index (χ4v) is 2.49. The normalized spacial score (nSPS) is 12.6. The molecule has 0 saturated carbocycles. The summed E-state index contributed by atoms with van der Waals surface area (Å²) in [5, 5.41) is 0. The Labute approximate surface area is 147 Å². The Morgan fingerprint density at radius 1 is 1.08 bits per heavy atom. The van der Waals surface area contributed by atoms with E-state index >= 15 is 0 Å². The summed E-state index contributed by atoms with van der Waals surface area (Å²) in [6.07, 6.45) is 9.39. The summed E-state index contributed by atoms with van der Waals surface area (Å²) in [5.41, 5.74) is 3.85. The lowest BCUT2D eigenvalue weighted by Crippen LogP contribution is -2.09. The summed E-state index contributed by atoms with van der Waals surface area (Å²) in [5.74, 6) is 0.255. The largest absolute Gasteiger partial charge is 0.461 e. The minimum absolute atomic E-state index is 0.101. The van der Waals surface area contributed by atoms with Crippen molar-refractivity contribution in [3.8, 4) is 0 Å². The Morgan fingerprint density at radius 2 is 1.79 bits per heavy atom. The number of allylic oxidation sites excluding steroid dienone is 4. The van der Waals surface area contributed by atoms with Crippen molar-refractivity contribution in [2.24, 2.45) is 5.92 Å². The molecule has 0 spiro atoms. The van der Waals surface area contributed by atoms with Crippen LogP contribution in [0.3, 0.4) is 0 Å². The first-order valence-corrected chi connectivity index (χ1v) is 8.96. The topological polar surface area (TPSA) is 26.3 Å². The predicted octanol–water partition coefficient (Wildman–Crippen LogP) is 6.23. The highest BCUT2D eigenvalue weighted by Crippen LogP contribution is 2.15. The molecular weight excluding hydrogens is 296 g/mol. The second-order valence-electron chi connectivity index (χ2n) is 6.90. The average molecular weight is 328 g/mol. The molecule has 1 atom stereocenters. The molecule has 0 aliphatic heterocycles. The molecule has 1 rings (SSSR count). The SMILES string of the molecule is CC(C)=CCC/C(C)=C/CC[C@H](C)CC(=O)OCc1ccccc1. The molecule has 0 heterocycles. The van der Waals surface area contributed by atoms with Crippen molar-refractivity contribution in [2.75, 3.05) is 0 Å². The van der Waals surface area contributed by atoms with E-state index in [4.69, 9.17) is 4.74 Å². The predicted molar refractivity (Wildman–Crippen MR) is 102 cm³/mol. The summed E-state index contributed by atoms with van der Waals surface area (Å²) < 4.78 is 5.34. The number of benzene rings is 1. The molecule has 132 valence electrons. The Hall–Kier alpha value is -1.83. The highest BCUT2D eigenvalue weighted by atomic mass is 16.5. The van der Waals surface area contributed by atoms with Crippen LogP contribution in [-0.4, -0.2) is 5.97 Å². The molecule has 1 aromatic rings. The third-order valence-electron chi connectivity index (χ3n) is 4.00. The Kier molecular flexibility index (Phi) is 9.83. The first kappa shape index (κ1) is 20.2. The van der Waals surface area contributed by atoms with Gasteiger partial charge in [-0.15, -0.1) is 0 Å². The maximum Gasteiger partial charge on any atom is 0.306 e. The molecule has 2 heteroatoms. The summed E-state index contributed by atoms with van der Waals surface area (Å²) >= 11 is 0. The van der Waals surface area contributed by atoms with E-state index in [1.165, 1.54) is 11.1 Å². The summed E-state index contributed by atoms with van der Waals surface area (Å²) in [6.45, 7) is 8.96. The molecule has 0 saturated heterocycles. The van der Waals surface area contributed by atoms with E-state index in [2.05, 4.69) is 39.8 Å². The highest BCUT2D eigenvalue weighted by Gasteiger charge is 2.10. The van der Waals surface area contributed by atoms with Crippen LogP contribution in [-0.2, 0) is 16.1 Å². The van der Waals surface area contributed by atoms with Crippen LogP contribution in [0.25, 0.3) is 0 Å². The molecule has 0 amide bonds. The van der Waals surface area contributed by atoms with Crippen molar-refractivity contribution >= 4 is 5.97 Å². The van der Waals surface area contributed by atoms with E-state index in [9.17, 15) is 4.79 Å². The van der Waals surface area contributed by atoms with Crippen molar-refractivity contribution in [2.45, 2.75) is 66.4 Å². The van der Waals surface area contributed by atoms with Crippen LogP contribution in [0, 0.1) is 5.92 Å². The molecule has 0 aliphatic rings. The first-order valence-electron chi connectivity index (χ1n) is 8.96. The van der Waals surface area contributed by atoms with Gasteiger partial charge in [-0.25, -0.2) is 0 Å². The second kappa shape index (κ2) is 11.7. The second-order valence-corrected chi connectivity index (χ2v) is 6.90. The third kappa shape index (κ3) is 10.0. The fourth-order valence-electron chi connectivity index (χ4n) is 2.49. The van der Waals surface area contributed by atoms with Gasteiger partial charge in [0.25, 0.3) is 0 Å². The van der Waals surface area contributed by atoms with Gasteiger partial charge in [-0.3, -0.25) is 4.79 Å². The number of hydrogen-bond acceptors (Lipinski definition) is 2. The third-order valence-corrected chi connectivity index (χ3v) is 4.00. The molecule has 0 aliphatic carbocycles. The van der Waals surface area contributed by atoms with Crippen LogP contribution in [0.4, 0.5) is 0 Å². The smallest absolute Gasteiger partial charge is 0.306 e. The van der Waals surface area contributed by atoms with E-state index in [1.54, 1.807) is 0 Å². The van der Waals surface area contributed by atoms with Crippen molar-refractivity contribution < 1.29 is 9.53 Å². The van der Waals surface area contributed by atoms with Gasteiger partial charge in [0.15, 0.2) is 0 Å². The molecule has 0 N–H and O–H groups in total. The lowest BCUT2D eigenvalue weighted by molar-refractivity contribution is -0.146. The molecular formula is C22H32O2. The molecule has 1 aromatic carbocycles. The van der Waals surface area contributed by atoms with Gasteiger partial charge >= 0.3 is 5.97 Å². The van der Waals surface area contributed by atoms with Gasteiger partial charge in [0.1, 0.15) is 6.61 Å². The van der Waals surface area contributed by atoms with Crippen molar-refractivity contribution in [1.82, 2.24) is 0 Å². The zero-order valence-corrected chi connectivity index (χ0v) is 15.7. The first-order chi connectivity index (χ1) is 11.5. The van der Waals surface area contributed by atoms with Crippen molar-refractivity contribution in [3.05, 3.63) is 59.2 Å². The van der Waals surface area contributed by atoms with Crippen LogP contribution in [0.5, 0.6) is 0 Å². The summed E-state index contributed by atoms with van der Waals surface area (Å²) in [4.78, 5) is 11.9. The standard InChI is InChI=1S/C22H32O2/c1-18(2)10-8-11-19(3)12-9-13-20(4)16-22(23)24-17-21-14-6-5-7-15-21/h5-7,10,12,14-15,20H,8-9,11,13,16-17H2,1-4H3/b19-12+/t20-/m0/s1. The lowest BCUT2D eigenvalue weighted by atomic mass is 10.00. The van der Waals surface area contributed by atoms with Gasteiger partial charge in [0.2, 0.25) is 0 Å². The molecule has 0 radical (unpaired) electrons. The fraction of sp³-hybridized carbons (Fsp3) is 0.500. The molecule has 2 nitrogen and oxygen atoms in total. The number of hydrogen-bond donors (Lipinski definition) is 0. The van der Waals surface area contributed by atoms with Crippen molar-refractivity contribution in [3.63, 3.8) is 0 Å². The van der Waals surface area contributed by atoms with E-state index in [0.717, 1.165) is 31.2 Å². The number of carbonyl (C=O) groups excluding carboxylic acids is 1. The lowest BCUT2D eigenvalue weighted by Gasteiger charge is -2.10. The van der Waals surface area contributed by atoms with Crippen LogP contribution in [0.2, 0.25) is 0 Å². The maximum absolute atomic E-state index is 11.9. The zero-order chi connectivity index (χ0) is 17.8. The molecule has 24 heavy (non-hydrogen) atoms. The van der Waals surface area contributed by atoms with E-state index < -0.39 is 0 Å². The Balaban J connectivity index is 2.19. The molecule has 0 fully saturated rings. The summed E-state index contributed by atoms with van der Waals surface area (Å²) in [7, 11) is 0. The number of carbonyl (C=O) groups is 1. The highest BCUT2D eigenvalue weighted by molar-refractivity contribution is 5.69. The van der Waals surface area contributed by atoms with Crippen LogP contribution < -0.4 is 0 Å². The van der Waals surface area contributed by atoms with Gasteiger partial charge in [-0.05, 0) is 57.9 Å². The number of rotatable bonds is 10. The summed E-state index contributed by atoms with van der Waals surface area (Å²) in [6, 6.07) is 9.82. The van der Waals surface area contributed by atoms with Crippen LogP contribution in [0.1, 0.15) is 65.4 Å². The van der Waals surface area contributed by atoms with Gasteiger partial charge in [-0.1, -0.05) is 60.6 Å². The quantitative estimate of drug-likeness (QED) is 0.376. The minimum Gasteiger partial charge on any atom is -0.461 e. The molecule has 0 bridgehead atoms. The van der Waals surface area contributed by atoms with Gasteiger partial charge < -0.3 is 4.74 Å². The Bertz CT molecular complexity index is 536. The van der Waals surface area contributed by atoms with Gasteiger partial charge in [-0.2, -0.15) is 0 Å². The van der Waals surface area contributed by atoms with Crippen LogP contribution in [0.15, 0.2) is 53.6 Å². The molecule has 0 unspecified atom stereocenters. The van der Waals surface area contributed by atoms with E-state index in [0.29, 0.717) is 18.9 Å². The van der Waals surface area contributed by atoms with Gasteiger partial charge in [0, 0.05) is 6.42 Å². The Morgan fingerprint density at radius 3 is 2.46 bits per heavy atom. The van der Waals surface area contributed by atoms with E-state index in [1.807, 2.05) is 30.3 Å². The van der Waals surface area contributed by atoms with Crippen LogP contribution >= 0.6 is 0 Å². The molecule has 0 aromatic heterocycles. The maximum atomic E-state index is 11.9. The minimum atomic E-state index is -0.101. The van der Waals surface area contributed by atoms with E-state index in [-0.39, 0.29) is 5.97 Å². The van der Waals surface area contributed by atoms with Crippen molar-refractivity contribution in [1.29, 1.82) is 0 Å².